The van der Waals surface area contributed by atoms with Gasteiger partial charge in [0, 0.05) is 18.6 Å². The lowest BCUT2D eigenvalue weighted by Crippen LogP contribution is -2.33. The molecule has 94 valence electrons. The highest BCUT2D eigenvalue weighted by Gasteiger charge is 2.16. The summed E-state index contributed by atoms with van der Waals surface area (Å²) < 4.78 is 13.0. The molecule has 1 heterocycles. The summed E-state index contributed by atoms with van der Waals surface area (Å²) in [5, 5.41) is 6.94. The molecule has 2 rings (SSSR count). The van der Waals surface area contributed by atoms with Crippen molar-refractivity contribution in [3.8, 4) is 0 Å². The minimum atomic E-state index is -0.158. The summed E-state index contributed by atoms with van der Waals surface area (Å²) >= 11 is 0. The Morgan fingerprint density at radius 3 is 3.12 bits per heavy atom. The molecule has 1 fully saturated rings. The van der Waals surface area contributed by atoms with Crippen molar-refractivity contribution in [3.63, 3.8) is 0 Å². The monoisotopic (exact) mass is 236 g/mol. The average molecular weight is 236 g/mol. The number of benzene rings is 1. The van der Waals surface area contributed by atoms with Crippen LogP contribution in [0.25, 0.3) is 0 Å². The van der Waals surface area contributed by atoms with Gasteiger partial charge < -0.3 is 10.6 Å². The maximum Gasteiger partial charge on any atom is 0.123 e. The zero-order chi connectivity index (χ0) is 12.1. The van der Waals surface area contributed by atoms with Gasteiger partial charge in [0.15, 0.2) is 0 Å². The van der Waals surface area contributed by atoms with Gasteiger partial charge in [-0.05, 0) is 50.4 Å². The van der Waals surface area contributed by atoms with Crippen LogP contribution in [0.2, 0.25) is 0 Å². The van der Waals surface area contributed by atoms with Gasteiger partial charge in [0.2, 0.25) is 0 Å². The van der Waals surface area contributed by atoms with E-state index in [2.05, 4.69) is 17.6 Å². The highest BCUT2D eigenvalue weighted by Crippen LogP contribution is 2.11. The molecular formula is C14H21FN2. The molecule has 2 nitrogen and oxygen atoms in total. The minimum Gasteiger partial charge on any atom is -0.314 e. The van der Waals surface area contributed by atoms with Crippen molar-refractivity contribution < 1.29 is 4.39 Å². The summed E-state index contributed by atoms with van der Waals surface area (Å²) in [6, 6.07) is 7.91. The second-order valence-electron chi connectivity index (χ2n) is 4.94. The molecule has 0 radical (unpaired) electrons. The molecular weight excluding hydrogens is 215 g/mol. The van der Waals surface area contributed by atoms with Crippen LogP contribution in [0.4, 0.5) is 4.39 Å². The molecule has 0 saturated carbocycles. The fraction of sp³-hybridized carbons (Fsp3) is 0.571. The molecule has 2 unspecified atom stereocenters. The zero-order valence-corrected chi connectivity index (χ0v) is 10.4. The molecule has 17 heavy (non-hydrogen) atoms. The van der Waals surface area contributed by atoms with Crippen LogP contribution in [0.15, 0.2) is 24.3 Å². The summed E-state index contributed by atoms with van der Waals surface area (Å²) in [5.41, 5.74) is 1.01. The zero-order valence-electron chi connectivity index (χ0n) is 10.4. The van der Waals surface area contributed by atoms with Crippen molar-refractivity contribution in [3.05, 3.63) is 35.6 Å². The lowest BCUT2D eigenvalue weighted by molar-refractivity contribution is 0.439. The van der Waals surface area contributed by atoms with E-state index in [9.17, 15) is 4.39 Å². The van der Waals surface area contributed by atoms with Crippen LogP contribution in [0.1, 0.15) is 31.7 Å². The van der Waals surface area contributed by atoms with E-state index in [-0.39, 0.29) is 5.82 Å². The van der Waals surface area contributed by atoms with Crippen LogP contribution in [-0.2, 0) is 6.54 Å². The van der Waals surface area contributed by atoms with Crippen molar-refractivity contribution in [1.29, 1.82) is 0 Å². The number of nitrogens with one attached hydrogen (secondary N) is 2. The Balaban J connectivity index is 1.73. The van der Waals surface area contributed by atoms with E-state index in [1.807, 2.05) is 6.07 Å². The fourth-order valence-corrected chi connectivity index (χ4v) is 2.41. The van der Waals surface area contributed by atoms with Gasteiger partial charge in [-0.15, -0.1) is 0 Å². The van der Waals surface area contributed by atoms with Crippen LogP contribution in [0.3, 0.4) is 0 Å². The Kier molecular flexibility index (Phi) is 4.51. The summed E-state index contributed by atoms with van der Waals surface area (Å²) in [5.74, 6) is -0.158. The average Bonchev–Trinajstić information content (AvgIpc) is 2.79. The topological polar surface area (TPSA) is 24.1 Å². The Morgan fingerprint density at radius 2 is 2.41 bits per heavy atom. The van der Waals surface area contributed by atoms with E-state index in [4.69, 9.17) is 0 Å². The minimum absolute atomic E-state index is 0.158. The van der Waals surface area contributed by atoms with Crippen LogP contribution in [-0.4, -0.2) is 18.6 Å². The summed E-state index contributed by atoms with van der Waals surface area (Å²) in [6.07, 6.45) is 3.72. The molecule has 1 aliphatic heterocycles. The first kappa shape index (κ1) is 12.5. The number of rotatable bonds is 5. The Labute approximate surface area is 103 Å². The van der Waals surface area contributed by atoms with E-state index in [1.54, 1.807) is 12.1 Å². The van der Waals surface area contributed by atoms with Gasteiger partial charge in [-0.1, -0.05) is 12.1 Å². The smallest absolute Gasteiger partial charge is 0.123 e. The van der Waals surface area contributed by atoms with Gasteiger partial charge in [-0.25, -0.2) is 4.39 Å². The first-order valence-corrected chi connectivity index (χ1v) is 6.45. The Morgan fingerprint density at radius 1 is 1.53 bits per heavy atom. The molecule has 2 atom stereocenters. The van der Waals surface area contributed by atoms with Crippen molar-refractivity contribution >= 4 is 0 Å². The highest BCUT2D eigenvalue weighted by molar-refractivity contribution is 5.16. The summed E-state index contributed by atoms with van der Waals surface area (Å²) in [7, 11) is 0. The van der Waals surface area contributed by atoms with Gasteiger partial charge in [0.25, 0.3) is 0 Å². The molecule has 1 saturated heterocycles. The van der Waals surface area contributed by atoms with Crippen LogP contribution < -0.4 is 10.6 Å². The number of hydrogen-bond acceptors (Lipinski definition) is 2. The molecule has 2 N–H and O–H groups in total. The summed E-state index contributed by atoms with van der Waals surface area (Å²) in [4.78, 5) is 0. The SMILES string of the molecule is CC(CC1CCCN1)NCc1cccc(F)c1. The normalized spacial score (nSPS) is 21.6. The van der Waals surface area contributed by atoms with Gasteiger partial charge >= 0.3 is 0 Å². The standard InChI is InChI=1S/C14H21FN2/c1-11(8-14-6-3-7-16-14)17-10-12-4-2-5-13(15)9-12/h2,4-5,9,11,14,16-17H,3,6-8,10H2,1H3. The Hall–Kier alpha value is -0.930. The first-order valence-electron chi connectivity index (χ1n) is 6.45. The predicted molar refractivity (Wildman–Crippen MR) is 68.3 cm³/mol. The van der Waals surface area contributed by atoms with E-state index in [1.165, 1.54) is 18.9 Å². The maximum atomic E-state index is 13.0. The van der Waals surface area contributed by atoms with Crippen molar-refractivity contribution in [2.45, 2.75) is 44.8 Å². The van der Waals surface area contributed by atoms with Crippen molar-refractivity contribution in [1.82, 2.24) is 10.6 Å². The van der Waals surface area contributed by atoms with Crippen molar-refractivity contribution in [2.75, 3.05) is 6.54 Å². The van der Waals surface area contributed by atoms with Gasteiger partial charge in [-0.2, -0.15) is 0 Å². The molecule has 0 aliphatic carbocycles. The van der Waals surface area contributed by atoms with E-state index in [0.29, 0.717) is 12.1 Å². The van der Waals surface area contributed by atoms with Crippen LogP contribution in [0, 0.1) is 5.82 Å². The van der Waals surface area contributed by atoms with Gasteiger partial charge in [-0.3, -0.25) is 0 Å². The number of hydrogen-bond donors (Lipinski definition) is 2. The largest absolute Gasteiger partial charge is 0.314 e. The second kappa shape index (κ2) is 6.12. The lowest BCUT2D eigenvalue weighted by atomic mass is 10.1. The molecule has 1 aromatic carbocycles. The van der Waals surface area contributed by atoms with Crippen LogP contribution in [0.5, 0.6) is 0 Å². The predicted octanol–water partition coefficient (Wildman–Crippen LogP) is 2.45. The quantitative estimate of drug-likeness (QED) is 0.820. The van der Waals surface area contributed by atoms with Gasteiger partial charge in [0.05, 0.1) is 0 Å². The van der Waals surface area contributed by atoms with Crippen molar-refractivity contribution in [2.24, 2.45) is 0 Å². The second-order valence-corrected chi connectivity index (χ2v) is 4.94. The third-order valence-electron chi connectivity index (χ3n) is 3.34. The lowest BCUT2D eigenvalue weighted by Gasteiger charge is -2.18. The fourth-order valence-electron chi connectivity index (χ4n) is 2.41. The molecule has 0 spiro atoms. The molecule has 3 heteroatoms. The number of halogens is 1. The first-order chi connectivity index (χ1) is 8.24. The van der Waals surface area contributed by atoms with E-state index < -0.39 is 0 Å². The van der Waals surface area contributed by atoms with Gasteiger partial charge in [0.1, 0.15) is 5.82 Å². The van der Waals surface area contributed by atoms with Crippen LogP contribution >= 0.6 is 0 Å². The van der Waals surface area contributed by atoms with E-state index in [0.717, 1.165) is 25.1 Å². The Bertz CT molecular complexity index is 348. The third-order valence-corrected chi connectivity index (χ3v) is 3.34. The third kappa shape index (κ3) is 4.10. The molecule has 1 aromatic rings. The molecule has 0 bridgehead atoms. The molecule has 0 aromatic heterocycles. The molecule has 0 amide bonds. The summed E-state index contributed by atoms with van der Waals surface area (Å²) in [6.45, 7) is 4.09. The highest BCUT2D eigenvalue weighted by atomic mass is 19.1. The van der Waals surface area contributed by atoms with E-state index >= 15 is 0 Å². The molecule has 1 aliphatic rings. The maximum absolute atomic E-state index is 13.0.